The van der Waals surface area contributed by atoms with Crippen molar-refractivity contribution >= 4 is 0 Å². The summed E-state index contributed by atoms with van der Waals surface area (Å²) in [5.74, 6) is 3.31. The van der Waals surface area contributed by atoms with Gasteiger partial charge in [-0.25, -0.2) is 0 Å². The van der Waals surface area contributed by atoms with E-state index in [-0.39, 0.29) is 0 Å². The van der Waals surface area contributed by atoms with Crippen molar-refractivity contribution in [3.63, 3.8) is 0 Å². The summed E-state index contributed by atoms with van der Waals surface area (Å²) in [4.78, 5) is 0. The normalized spacial score (nSPS) is 35.4. The Morgan fingerprint density at radius 1 is 0.800 bits per heavy atom. The third-order valence-corrected chi connectivity index (χ3v) is 5.38. The first-order chi connectivity index (χ1) is 9.81. The van der Waals surface area contributed by atoms with Gasteiger partial charge in [0.1, 0.15) is 0 Å². The minimum absolute atomic E-state index is 0.652. The summed E-state index contributed by atoms with van der Waals surface area (Å²) in [5.41, 5.74) is 0. The molecule has 0 bridgehead atoms. The Morgan fingerprint density at radius 3 is 1.70 bits per heavy atom. The predicted octanol–water partition coefficient (Wildman–Crippen LogP) is 5.65. The molecule has 0 amide bonds. The molecule has 0 saturated heterocycles. The van der Waals surface area contributed by atoms with Gasteiger partial charge in [0.05, 0.1) is 6.07 Å². The quantitative estimate of drug-likeness (QED) is 0.479. The van der Waals surface area contributed by atoms with Gasteiger partial charge in [-0.2, -0.15) is 5.26 Å². The SMILES string of the molecule is CC[C@H]1CC[C@H](C=C[C@H]2CC[C@H](C=CC#N)CC2)CC1. The molecule has 0 spiro atoms. The number of rotatable bonds is 4. The monoisotopic (exact) mass is 271 g/mol. The molecule has 2 aliphatic rings. The van der Waals surface area contributed by atoms with Crippen molar-refractivity contribution in [2.45, 2.75) is 64.7 Å². The fraction of sp³-hybridized carbons (Fsp3) is 0.737. The van der Waals surface area contributed by atoms with Gasteiger partial charge in [0.15, 0.2) is 0 Å². The van der Waals surface area contributed by atoms with E-state index in [1.165, 1.54) is 57.8 Å². The van der Waals surface area contributed by atoms with Gasteiger partial charge in [0.2, 0.25) is 0 Å². The van der Waals surface area contributed by atoms with E-state index in [9.17, 15) is 0 Å². The molecule has 2 rings (SSSR count). The molecular weight excluding hydrogens is 242 g/mol. The van der Waals surface area contributed by atoms with Crippen LogP contribution in [0.4, 0.5) is 0 Å². The molecule has 0 aliphatic heterocycles. The predicted molar refractivity (Wildman–Crippen MR) is 85.1 cm³/mol. The smallest absolute Gasteiger partial charge is 0.0908 e. The molecule has 0 heterocycles. The van der Waals surface area contributed by atoms with Crippen LogP contribution in [0.25, 0.3) is 0 Å². The average Bonchev–Trinajstić information content (AvgIpc) is 2.52. The van der Waals surface area contributed by atoms with Crippen LogP contribution in [-0.4, -0.2) is 0 Å². The molecule has 1 heteroatoms. The minimum atomic E-state index is 0.652. The fourth-order valence-electron chi connectivity index (χ4n) is 3.81. The van der Waals surface area contributed by atoms with E-state index >= 15 is 0 Å². The first-order valence-electron chi connectivity index (χ1n) is 8.56. The van der Waals surface area contributed by atoms with Crippen molar-refractivity contribution < 1.29 is 0 Å². The van der Waals surface area contributed by atoms with Crippen molar-refractivity contribution in [1.29, 1.82) is 5.26 Å². The van der Waals surface area contributed by atoms with Gasteiger partial charge >= 0.3 is 0 Å². The third kappa shape index (κ3) is 4.82. The molecule has 0 atom stereocenters. The number of allylic oxidation sites excluding steroid dienone is 4. The maximum Gasteiger partial charge on any atom is 0.0908 e. The number of nitrogens with zero attached hydrogens (tertiary/aromatic N) is 1. The Bertz CT molecular complexity index is 358. The van der Waals surface area contributed by atoms with E-state index < -0.39 is 0 Å². The van der Waals surface area contributed by atoms with Gasteiger partial charge in [-0.1, -0.05) is 31.6 Å². The Labute approximate surface area is 124 Å². The van der Waals surface area contributed by atoms with Crippen LogP contribution in [0.15, 0.2) is 24.3 Å². The second-order valence-corrected chi connectivity index (χ2v) is 6.74. The van der Waals surface area contributed by atoms with Crippen LogP contribution in [0, 0.1) is 35.0 Å². The maximum atomic E-state index is 8.57. The Hall–Kier alpha value is -1.03. The van der Waals surface area contributed by atoms with E-state index in [0.717, 1.165) is 17.8 Å². The van der Waals surface area contributed by atoms with Gasteiger partial charge < -0.3 is 0 Å². The van der Waals surface area contributed by atoms with Gasteiger partial charge in [0.25, 0.3) is 0 Å². The average molecular weight is 271 g/mol. The van der Waals surface area contributed by atoms with Gasteiger partial charge in [0, 0.05) is 6.08 Å². The molecule has 2 saturated carbocycles. The van der Waals surface area contributed by atoms with Crippen molar-refractivity contribution in [3.05, 3.63) is 24.3 Å². The van der Waals surface area contributed by atoms with Crippen molar-refractivity contribution in [2.24, 2.45) is 23.7 Å². The molecule has 20 heavy (non-hydrogen) atoms. The molecule has 2 fully saturated rings. The first kappa shape index (κ1) is 15.4. The zero-order valence-corrected chi connectivity index (χ0v) is 12.9. The number of nitriles is 1. The molecule has 0 aromatic heterocycles. The summed E-state index contributed by atoms with van der Waals surface area (Å²) < 4.78 is 0. The molecule has 0 unspecified atom stereocenters. The molecule has 0 aromatic rings. The first-order valence-corrected chi connectivity index (χ1v) is 8.56. The Kier molecular flexibility index (Phi) is 6.37. The topological polar surface area (TPSA) is 23.8 Å². The summed E-state index contributed by atoms with van der Waals surface area (Å²) in [6.45, 7) is 2.33. The van der Waals surface area contributed by atoms with E-state index in [2.05, 4.69) is 31.2 Å². The number of hydrogen-bond donors (Lipinski definition) is 0. The second kappa shape index (κ2) is 8.30. The molecule has 0 aromatic carbocycles. The summed E-state index contributed by atoms with van der Waals surface area (Å²) in [6.07, 6.45) is 21.0. The highest BCUT2D eigenvalue weighted by Gasteiger charge is 2.20. The van der Waals surface area contributed by atoms with Crippen LogP contribution >= 0.6 is 0 Å². The Morgan fingerprint density at radius 2 is 1.25 bits per heavy atom. The van der Waals surface area contributed by atoms with Crippen LogP contribution in [-0.2, 0) is 0 Å². The van der Waals surface area contributed by atoms with Gasteiger partial charge in [-0.05, 0) is 75.0 Å². The van der Waals surface area contributed by atoms with Crippen LogP contribution in [0.2, 0.25) is 0 Å². The van der Waals surface area contributed by atoms with Crippen molar-refractivity contribution in [2.75, 3.05) is 0 Å². The largest absolute Gasteiger partial charge is 0.193 e. The van der Waals surface area contributed by atoms with E-state index in [0.29, 0.717) is 5.92 Å². The lowest BCUT2D eigenvalue weighted by Gasteiger charge is -2.27. The number of hydrogen-bond acceptors (Lipinski definition) is 1. The van der Waals surface area contributed by atoms with Crippen molar-refractivity contribution in [3.8, 4) is 6.07 Å². The molecule has 1 nitrogen and oxygen atoms in total. The minimum Gasteiger partial charge on any atom is -0.193 e. The van der Waals surface area contributed by atoms with Crippen molar-refractivity contribution in [1.82, 2.24) is 0 Å². The molecule has 2 aliphatic carbocycles. The lowest BCUT2D eigenvalue weighted by Crippen LogP contribution is -2.14. The highest BCUT2D eigenvalue weighted by Crippen LogP contribution is 2.34. The lowest BCUT2D eigenvalue weighted by molar-refractivity contribution is 0.301. The van der Waals surface area contributed by atoms with Crippen LogP contribution in [0.3, 0.4) is 0 Å². The highest BCUT2D eigenvalue weighted by molar-refractivity contribution is 5.05. The van der Waals surface area contributed by atoms with Gasteiger partial charge in [-0.3, -0.25) is 0 Å². The standard InChI is InChI=1S/C19H29N/c1-2-16-5-7-18(8-6-16)13-14-19-11-9-17(10-12-19)4-3-15-20/h3-4,13-14,16-19H,2,5-12H2,1H3/t16-,17-,18-,19-. The van der Waals surface area contributed by atoms with Gasteiger partial charge in [-0.15, -0.1) is 0 Å². The maximum absolute atomic E-state index is 8.57. The van der Waals surface area contributed by atoms with E-state index in [1.54, 1.807) is 6.08 Å². The fourth-order valence-corrected chi connectivity index (χ4v) is 3.81. The Balaban J connectivity index is 1.69. The van der Waals surface area contributed by atoms with E-state index in [1.807, 2.05) is 0 Å². The highest BCUT2D eigenvalue weighted by atomic mass is 14.3. The lowest BCUT2D eigenvalue weighted by atomic mass is 9.78. The summed E-state index contributed by atoms with van der Waals surface area (Å²) in [7, 11) is 0. The summed E-state index contributed by atoms with van der Waals surface area (Å²) >= 11 is 0. The molecular formula is C19H29N. The molecule has 0 radical (unpaired) electrons. The van der Waals surface area contributed by atoms with Crippen LogP contribution < -0.4 is 0 Å². The molecule has 0 N–H and O–H groups in total. The van der Waals surface area contributed by atoms with Crippen LogP contribution in [0.1, 0.15) is 64.7 Å². The third-order valence-electron chi connectivity index (χ3n) is 5.38. The zero-order valence-electron chi connectivity index (χ0n) is 12.9. The summed E-state index contributed by atoms with van der Waals surface area (Å²) in [5, 5.41) is 8.57. The summed E-state index contributed by atoms with van der Waals surface area (Å²) in [6, 6.07) is 2.11. The van der Waals surface area contributed by atoms with E-state index in [4.69, 9.17) is 5.26 Å². The second-order valence-electron chi connectivity index (χ2n) is 6.74. The zero-order chi connectivity index (χ0) is 14.2. The molecule has 110 valence electrons. The van der Waals surface area contributed by atoms with Crippen LogP contribution in [0.5, 0.6) is 0 Å².